The zero-order valence-electron chi connectivity index (χ0n) is 18.1. The maximum absolute atomic E-state index is 13.2. The number of rotatable bonds is 6. The quantitative estimate of drug-likeness (QED) is 0.614. The van der Waals surface area contributed by atoms with Crippen LogP contribution >= 0.6 is 0 Å². The maximum atomic E-state index is 13.2. The lowest BCUT2D eigenvalue weighted by Gasteiger charge is -2.32. The molecular weight excluding hydrogens is 408 g/mol. The van der Waals surface area contributed by atoms with Gasteiger partial charge in [0.05, 0.1) is 17.7 Å². The van der Waals surface area contributed by atoms with Gasteiger partial charge in [-0.2, -0.15) is 0 Å². The van der Waals surface area contributed by atoms with E-state index in [4.69, 9.17) is 4.74 Å². The second-order valence-electron chi connectivity index (χ2n) is 8.13. The number of sulfonamides is 1. The molecule has 31 heavy (non-hydrogen) atoms. The van der Waals surface area contributed by atoms with E-state index in [-0.39, 0.29) is 4.90 Å². The molecule has 0 aliphatic heterocycles. The van der Waals surface area contributed by atoms with Crippen molar-refractivity contribution in [1.29, 1.82) is 0 Å². The summed E-state index contributed by atoms with van der Waals surface area (Å²) in [4.78, 5) is 2.47. The Morgan fingerprint density at radius 3 is 2.39 bits per heavy atom. The van der Waals surface area contributed by atoms with Crippen LogP contribution in [0.3, 0.4) is 0 Å². The highest BCUT2D eigenvalue weighted by atomic mass is 32.2. The monoisotopic (exact) mass is 436 g/mol. The predicted molar refractivity (Wildman–Crippen MR) is 125 cm³/mol. The standard InChI is InChI=1S/C25H28N2O3S/c1-27(2)20-12-13-22-23(17-20)25(30-3)15-14-24(22)26-31(28,29)21-11-7-10-19(16-21)18-8-5-4-6-9-18/h4-11,14-16,20,26H,12-13,17H2,1-3H3/t20-/m0/s1. The van der Waals surface area contributed by atoms with E-state index in [1.807, 2.05) is 48.5 Å². The summed E-state index contributed by atoms with van der Waals surface area (Å²) in [7, 11) is 2.09. The predicted octanol–water partition coefficient (Wildman–Crippen LogP) is 4.58. The van der Waals surface area contributed by atoms with Gasteiger partial charge in [-0.3, -0.25) is 4.72 Å². The molecule has 0 saturated heterocycles. The van der Waals surface area contributed by atoms with Crippen molar-refractivity contribution in [3.63, 3.8) is 0 Å². The summed E-state index contributed by atoms with van der Waals surface area (Å²) < 4.78 is 34.9. The van der Waals surface area contributed by atoms with Crippen molar-refractivity contribution in [2.24, 2.45) is 0 Å². The third-order valence-corrected chi connectivity index (χ3v) is 7.36. The minimum absolute atomic E-state index is 0.250. The molecule has 0 radical (unpaired) electrons. The van der Waals surface area contributed by atoms with Crippen molar-refractivity contribution in [2.45, 2.75) is 30.2 Å². The Labute approximate surface area is 184 Å². The van der Waals surface area contributed by atoms with Gasteiger partial charge < -0.3 is 9.64 Å². The molecule has 6 heteroatoms. The zero-order valence-corrected chi connectivity index (χ0v) is 18.9. The van der Waals surface area contributed by atoms with E-state index in [9.17, 15) is 8.42 Å². The van der Waals surface area contributed by atoms with Gasteiger partial charge in [-0.15, -0.1) is 0 Å². The number of hydrogen-bond acceptors (Lipinski definition) is 4. The third kappa shape index (κ3) is 4.45. The molecule has 0 heterocycles. The summed E-state index contributed by atoms with van der Waals surface area (Å²) in [5, 5.41) is 0. The minimum atomic E-state index is -3.73. The topological polar surface area (TPSA) is 58.6 Å². The van der Waals surface area contributed by atoms with Crippen molar-refractivity contribution in [3.05, 3.63) is 77.9 Å². The fourth-order valence-corrected chi connectivity index (χ4v) is 5.37. The Bertz CT molecular complexity index is 1170. The molecule has 162 valence electrons. The highest BCUT2D eigenvalue weighted by Gasteiger charge is 2.27. The van der Waals surface area contributed by atoms with E-state index in [0.29, 0.717) is 11.7 Å². The van der Waals surface area contributed by atoms with Crippen LogP contribution in [0.1, 0.15) is 17.5 Å². The molecule has 0 aromatic heterocycles. The van der Waals surface area contributed by atoms with E-state index in [1.54, 1.807) is 25.3 Å². The van der Waals surface area contributed by atoms with Crippen LogP contribution in [0.5, 0.6) is 5.75 Å². The first kappa shape index (κ1) is 21.4. The SMILES string of the molecule is COc1ccc(NS(=O)(=O)c2cccc(-c3ccccc3)c2)c2c1C[C@@H](N(C)C)CC2. The van der Waals surface area contributed by atoms with Gasteiger partial charge in [-0.25, -0.2) is 8.42 Å². The van der Waals surface area contributed by atoms with E-state index in [0.717, 1.165) is 47.3 Å². The van der Waals surface area contributed by atoms with Crippen LogP contribution in [0.15, 0.2) is 71.6 Å². The van der Waals surface area contributed by atoms with Gasteiger partial charge in [0.25, 0.3) is 10.0 Å². The van der Waals surface area contributed by atoms with Crippen LogP contribution in [-0.2, 0) is 22.9 Å². The molecule has 0 fully saturated rings. The molecule has 5 nitrogen and oxygen atoms in total. The first-order valence-corrected chi connectivity index (χ1v) is 11.9. The van der Waals surface area contributed by atoms with Gasteiger partial charge in [-0.05, 0) is 74.3 Å². The fourth-order valence-electron chi connectivity index (χ4n) is 4.23. The van der Waals surface area contributed by atoms with E-state index in [2.05, 4.69) is 23.7 Å². The first-order chi connectivity index (χ1) is 14.9. The molecule has 1 atom stereocenters. The van der Waals surface area contributed by atoms with Crippen LogP contribution < -0.4 is 9.46 Å². The first-order valence-electron chi connectivity index (χ1n) is 10.4. The molecule has 1 N–H and O–H groups in total. The second-order valence-corrected chi connectivity index (χ2v) is 9.81. The molecule has 0 spiro atoms. The van der Waals surface area contributed by atoms with Crippen LogP contribution in [-0.4, -0.2) is 40.6 Å². The summed E-state index contributed by atoms with van der Waals surface area (Å²) in [6.07, 6.45) is 2.62. The largest absolute Gasteiger partial charge is 0.496 e. The summed E-state index contributed by atoms with van der Waals surface area (Å²) in [6, 6.07) is 20.9. The summed E-state index contributed by atoms with van der Waals surface area (Å²) in [6.45, 7) is 0. The van der Waals surface area contributed by atoms with Gasteiger partial charge >= 0.3 is 0 Å². The van der Waals surface area contributed by atoms with Gasteiger partial charge in [0.2, 0.25) is 0 Å². The van der Waals surface area contributed by atoms with Crippen molar-refractivity contribution in [3.8, 4) is 16.9 Å². The average Bonchev–Trinajstić information content (AvgIpc) is 2.79. The number of nitrogens with zero attached hydrogens (tertiary/aromatic N) is 1. The van der Waals surface area contributed by atoms with Crippen molar-refractivity contribution in [2.75, 3.05) is 25.9 Å². The Balaban J connectivity index is 1.68. The molecule has 0 amide bonds. The fraction of sp³-hybridized carbons (Fsp3) is 0.280. The van der Waals surface area contributed by atoms with Crippen LogP contribution in [0.4, 0.5) is 5.69 Å². The minimum Gasteiger partial charge on any atom is -0.496 e. The zero-order chi connectivity index (χ0) is 22.0. The van der Waals surface area contributed by atoms with Gasteiger partial charge in [0.15, 0.2) is 0 Å². The molecule has 4 rings (SSSR count). The molecular formula is C25H28N2O3S. The molecule has 3 aromatic rings. The highest BCUT2D eigenvalue weighted by Crippen LogP contribution is 2.37. The van der Waals surface area contributed by atoms with E-state index >= 15 is 0 Å². The number of ether oxygens (including phenoxy) is 1. The second kappa shape index (κ2) is 8.73. The Kier molecular flexibility index (Phi) is 6.03. The van der Waals surface area contributed by atoms with Crippen molar-refractivity contribution < 1.29 is 13.2 Å². The van der Waals surface area contributed by atoms with Crippen LogP contribution in [0, 0.1) is 0 Å². The molecule has 0 saturated carbocycles. The smallest absolute Gasteiger partial charge is 0.261 e. The number of hydrogen-bond donors (Lipinski definition) is 1. The lowest BCUT2D eigenvalue weighted by Crippen LogP contribution is -2.34. The molecule has 0 unspecified atom stereocenters. The molecule has 0 bridgehead atoms. The van der Waals surface area contributed by atoms with Gasteiger partial charge in [0, 0.05) is 11.6 Å². The average molecular weight is 437 g/mol. The summed E-state index contributed by atoms with van der Waals surface area (Å²) in [5.74, 6) is 0.815. The third-order valence-electron chi connectivity index (χ3n) is 6.00. The molecule has 3 aromatic carbocycles. The van der Waals surface area contributed by atoms with Crippen LogP contribution in [0.25, 0.3) is 11.1 Å². The number of benzene rings is 3. The van der Waals surface area contributed by atoms with E-state index in [1.165, 1.54) is 0 Å². The van der Waals surface area contributed by atoms with Crippen LogP contribution in [0.2, 0.25) is 0 Å². The highest BCUT2D eigenvalue weighted by molar-refractivity contribution is 7.92. The van der Waals surface area contributed by atoms with Crippen molar-refractivity contribution >= 4 is 15.7 Å². The van der Waals surface area contributed by atoms with Crippen molar-refractivity contribution in [1.82, 2.24) is 4.90 Å². The van der Waals surface area contributed by atoms with Gasteiger partial charge in [0.1, 0.15) is 5.75 Å². The number of nitrogens with one attached hydrogen (secondary N) is 1. The Morgan fingerprint density at radius 1 is 0.935 bits per heavy atom. The Morgan fingerprint density at radius 2 is 1.68 bits per heavy atom. The Hall–Kier alpha value is -2.83. The lowest BCUT2D eigenvalue weighted by molar-refractivity contribution is 0.265. The number of fused-ring (bicyclic) bond motifs is 1. The van der Waals surface area contributed by atoms with E-state index < -0.39 is 10.0 Å². The number of anilines is 1. The lowest BCUT2D eigenvalue weighted by atomic mass is 9.86. The maximum Gasteiger partial charge on any atom is 0.261 e. The van der Waals surface area contributed by atoms with Gasteiger partial charge in [-0.1, -0.05) is 42.5 Å². The molecule has 1 aliphatic rings. The number of likely N-dealkylation sites (N-methyl/N-ethyl adjacent to an activating group) is 1. The summed E-state index contributed by atoms with van der Waals surface area (Å²) >= 11 is 0. The summed E-state index contributed by atoms with van der Waals surface area (Å²) in [5.41, 5.74) is 4.61. The normalized spacial score (nSPS) is 16.1. The number of methoxy groups -OCH3 is 1. The molecule has 1 aliphatic carbocycles.